The van der Waals surface area contributed by atoms with Crippen LogP contribution in [-0.2, 0) is 5.54 Å². The van der Waals surface area contributed by atoms with Crippen LogP contribution in [0.1, 0.15) is 73.3 Å². The summed E-state index contributed by atoms with van der Waals surface area (Å²) in [7, 11) is 0. The number of carbonyl (C=O) groups is 1. The van der Waals surface area contributed by atoms with Crippen molar-refractivity contribution in [3.05, 3.63) is 84.0 Å². The average Bonchev–Trinajstić information content (AvgIpc) is 3.56. The van der Waals surface area contributed by atoms with Crippen LogP contribution in [0.5, 0.6) is 11.5 Å². The number of hydrogen-bond acceptors (Lipinski definition) is 9. The Morgan fingerprint density at radius 1 is 1.07 bits per heavy atom. The van der Waals surface area contributed by atoms with Crippen molar-refractivity contribution in [3.8, 4) is 23.0 Å². The minimum Gasteiger partial charge on any atom is -0.494 e. The number of rotatable bonds is 11. The highest BCUT2D eigenvalue weighted by Crippen LogP contribution is 2.37. The van der Waals surface area contributed by atoms with Gasteiger partial charge in [-0.1, -0.05) is 25.8 Å². The smallest absolute Gasteiger partial charge is 0.251 e. The highest BCUT2D eigenvalue weighted by atomic mass is 16.5. The van der Waals surface area contributed by atoms with Crippen LogP contribution in [-0.4, -0.2) is 47.4 Å². The van der Waals surface area contributed by atoms with Gasteiger partial charge in [0.1, 0.15) is 17.0 Å². The third-order valence-electron chi connectivity index (χ3n) is 8.07. The second kappa shape index (κ2) is 13.2. The number of amides is 1. The average molecular weight is 583 g/mol. The molecule has 1 saturated heterocycles. The normalized spacial score (nSPS) is 17.4. The number of carbonyl (C=O) groups excluding carboxylic acids is 1. The number of nitrogens with one attached hydrogen (secondary N) is 3. The topological polar surface area (TPSA) is 123 Å². The van der Waals surface area contributed by atoms with Gasteiger partial charge in [-0.25, -0.2) is 0 Å². The van der Waals surface area contributed by atoms with E-state index >= 15 is 0 Å². The van der Waals surface area contributed by atoms with Gasteiger partial charge < -0.3 is 29.8 Å². The molecule has 2 aliphatic heterocycles. The first-order valence-corrected chi connectivity index (χ1v) is 15.2. The lowest BCUT2D eigenvalue weighted by Crippen LogP contribution is -2.45. The number of pyridine rings is 1. The van der Waals surface area contributed by atoms with E-state index in [9.17, 15) is 4.79 Å². The zero-order valence-electron chi connectivity index (χ0n) is 24.5. The number of piperidine rings is 1. The van der Waals surface area contributed by atoms with E-state index in [0.717, 1.165) is 73.5 Å². The first-order chi connectivity index (χ1) is 21.1. The molecule has 224 valence electrons. The lowest BCUT2D eigenvalue weighted by Gasteiger charge is -2.36. The van der Waals surface area contributed by atoms with E-state index in [-0.39, 0.29) is 11.9 Å². The molecule has 1 fully saturated rings. The van der Waals surface area contributed by atoms with Crippen LogP contribution in [0.25, 0.3) is 11.5 Å². The van der Waals surface area contributed by atoms with E-state index in [2.05, 4.69) is 38.1 Å². The molecule has 10 heteroatoms. The van der Waals surface area contributed by atoms with Crippen molar-refractivity contribution in [2.75, 3.05) is 31.6 Å². The van der Waals surface area contributed by atoms with Crippen LogP contribution < -0.4 is 25.4 Å². The van der Waals surface area contributed by atoms with Crippen LogP contribution in [0, 0.1) is 0 Å². The molecule has 0 unspecified atom stereocenters. The highest BCUT2D eigenvalue weighted by Gasteiger charge is 2.39. The van der Waals surface area contributed by atoms with Gasteiger partial charge in [0.2, 0.25) is 11.8 Å². The van der Waals surface area contributed by atoms with E-state index in [1.807, 2.05) is 54.6 Å². The quantitative estimate of drug-likeness (QED) is 0.193. The van der Waals surface area contributed by atoms with Gasteiger partial charge in [0.05, 0.1) is 19.3 Å². The molecule has 6 rings (SSSR count). The van der Waals surface area contributed by atoms with Crippen molar-refractivity contribution in [1.82, 2.24) is 25.8 Å². The molecule has 4 aromatic rings. The Labute approximate surface area is 251 Å². The molecule has 0 saturated carbocycles. The Kier molecular flexibility index (Phi) is 8.83. The zero-order chi connectivity index (χ0) is 29.5. The summed E-state index contributed by atoms with van der Waals surface area (Å²) in [5.74, 6) is 2.42. The lowest BCUT2D eigenvalue weighted by molar-refractivity contribution is 0.0924. The minimum absolute atomic E-state index is 0.145. The number of ether oxygens (including phenoxy) is 2. The van der Waals surface area contributed by atoms with Crippen molar-refractivity contribution in [3.63, 3.8) is 0 Å². The Morgan fingerprint density at radius 2 is 1.93 bits per heavy atom. The van der Waals surface area contributed by atoms with Gasteiger partial charge in [0.15, 0.2) is 0 Å². The van der Waals surface area contributed by atoms with Crippen LogP contribution in [0.2, 0.25) is 0 Å². The van der Waals surface area contributed by atoms with Crippen molar-refractivity contribution >= 4 is 11.6 Å². The van der Waals surface area contributed by atoms with Crippen molar-refractivity contribution in [1.29, 1.82) is 0 Å². The van der Waals surface area contributed by atoms with Crippen molar-refractivity contribution in [2.24, 2.45) is 0 Å². The molecule has 0 spiro atoms. The molecule has 2 aromatic carbocycles. The predicted octanol–water partition coefficient (Wildman–Crippen LogP) is 5.65. The summed E-state index contributed by atoms with van der Waals surface area (Å²) < 4.78 is 18.1. The summed E-state index contributed by atoms with van der Waals surface area (Å²) in [6.45, 7) is 4.99. The molecule has 4 heterocycles. The molecule has 0 bridgehead atoms. The molecule has 10 nitrogen and oxygen atoms in total. The fraction of sp³-hybridized carbons (Fsp3) is 0.394. The minimum atomic E-state index is -0.564. The first-order valence-electron chi connectivity index (χ1n) is 15.2. The van der Waals surface area contributed by atoms with E-state index in [1.165, 1.54) is 0 Å². The molecule has 3 N–H and O–H groups in total. The maximum Gasteiger partial charge on any atom is 0.251 e. The van der Waals surface area contributed by atoms with E-state index < -0.39 is 5.54 Å². The summed E-state index contributed by atoms with van der Waals surface area (Å²) >= 11 is 0. The molecule has 0 aliphatic carbocycles. The standard InChI is InChI=1S/C33H38N6O4/c1-2-3-4-19-41-26-8-9-29-27(22-26)28(12-20-42-29)36-30(40)24-6-5-7-25(21-24)37-33(13-17-35-18-14-33)32-39-38-31(43-32)23-10-15-34-16-11-23/h5-11,15-16,21-22,28,35,37H,2-4,12-14,17-20H2,1H3,(H,36,40)/t28-/m1/s1. The summed E-state index contributed by atoms with van der Waals surface area (Å²) in [6, 6.07) is 17.0. The number of nitrogens with zero attached hydrogens (tertiary/aromatic N) is 3. The Balaban J connectivity index is 1.18. The van der Waals surface area contributed by atoms with Crippen LogP contribution in [0.3, 0.4) is 0 Å². The molecular formula is C33H38N6O4. The number of hydrogen-bond donors (Lipinski definition) is 3. The van der Waals surface area contributed by atoms with E-state index in [1.54, 1.807) is 12.4 Å². The molecule has 2 aromatic heterocycles. The van der Waals surface area contributed by atoms with Gasteiger partial charge in [-0.3, -0.25) is 9.78 Å². The zero-order valence-corrected chi connectivity index (χ0v) is 24.5. The molecule has 1 amide bonds. The van der Waals surface area contributed by atoms with Gasteiger partial charge >= 0.3 is 0 Å². The van der Waals surface area contributed by atoms with E-state index in [0.29, 0.717) is 37.0 Å². The monoisotopic (exact) mass is 582 g/mol. The lowest BCUT2D eigenvalue weighted by atomic mass is 9.87. The van der Waals surface area contributed by atoms with Crippen molar-refractivity contribution < 1.29 is 18.7 Å². The maximum atomic E-state index is 13.5. The van der Waals surface area contributed by atoms with Crippen LogP contribution >= 0.6 is 0 Å². The van der Waals surface area contributed by atoms with E-state index in [4.69, 9.17) is 13.9 Å². The van der Waals surface area contributed by atoms with Crippen LogP contribution in [0.4, 0.5) is 5.69 Å². The number of anilines is 1. The molecular weight excluding hydrogens is 544 g/mol. The van der Waals surface area contributed by atoms with Gasteiger partial charge in [0.25, 0.3) is 5.91 Å². The number of aromatic nitrogens is 3. The maximum absolute atomic E-state index is 13.5. The molecule has 1 atom stereocenters. The summed E-state index contributed by atoms with van der Waals surface area (Å²) in [5, 5.41) is 19.1. The van der Waals surface area contributed by atoms with Crippen LogP contribution in [0.15, 0.2) is 71.4 Å². The second-order valence-corrected chi connectivity index (χ2v) is 11.1. The summed E-state index contributed by atoms with van der Waals surface area (Å²) in [5.41, 5.74) is 2.58. The van der Waals surface area contributed by atoms with Gasteiger partial charge in [-0.05, 0) is 80.9 Å². The SMILES string of the molecule is CCCCCOc1ccc2c(c1)[C@H](NC(=O)c1cccc(NC3(c4nnc(-c5ccncc5)o4)CCNCC3)c1)CCO2. The predicted molar refractivity (Wildman–Crippen MR) is 163 cm³/mol. The summed E-state index contributed by atoms with van der Waals surface area (Å²) in [4.78, 5) is 17.6. The molecule has 2 aliphatic rings. The second-order valence-electron chi connectivity index (χ2n) is 11.1. The number of benzene rings is 2. The Hall–Kier alpha value is -4.44. The number of fused-ring (bicyclic) bond motifs is 1. The van der Waals surface area contributed by atoms with Gasteiger partial charge in [0, 0.05) is 41.2 Å². The Morgan fingerprint density at radius 3 is 2.77 bits per heavy atom. The Bertz CT molecular complexity index is 1520. The largest absolute Gasteiger partial charge is 0.494 e. The van der Waals surface area contributed by atoms with Gasteiger partial charge in [-0.2, -0.15) is 0 Å². The fourth-order valence-electron chi connectivity index (χ4n) is 5.68. The highest BCUT2D eigenvalue weighted by molar-refractivity contribution is 5.95. The van der Waals surface area contributed by atoms with Gasteiger partial charge in [-0.15, -0.1) is 10.2 Å². The fourth-order valence-corrected chi connectivity index (χ4v) is 5.68. The van der Waals surface area contributed by atoms with Crippen molar-refractivity contribution in [2.45, 2.75) is 57.0 Å². The first kappa shape index (κ1) is 28.7. The third-order valence-corrected chi connectivity index (χ3v) is 8.07. The molecule has 43 heavy (non-hydrogen) atoms. The third kappa shape index (κ3) is 6.64. The number of unbranched alkanes of at least 4 members (excludes halogenated alkanes) is 2. The summed E-state index contributed by atoms with van der Waals surface area (Å²) in [6.07, 6.45) is 8.90. The molecule has 0 radical (unpaired) electrons.